The van der Waals surface area contributed by atoms with E-state index < -0.39 is 0 Å². The molecule has 2 aromatic rings. The van der Waals surface area contributed by atoms with Crippen molar-refractivity contribution in [2.75, 3.05) is 6.54 Å². The van der Waals surface area contributed by atoms with Gasteiger partial charge in [-0.1, -0.05) is 36.4 Å². The van der Waals surface area contributed by atoms with Crippen LogP contribution in [-0.2, 0) is 19.3 Å². The van der Waals surface area contributed by atoms with E-state index in [0.29, 0.717) is 0 Å². The van der Waals surface area contributed by atoms with Crippen molar-refractivity contribution in [3.63, 3.8) is 0 Å². The third-order valence-electron chi connectivity index (χ3n) is 4.06. The molecule has 0 saturated heterocycles. The number of hydrogen-bond donors (Lipinski definition) is 3. The molecule has 0 unspecified atom stereocenters. The Hall–Kier alpha value is -2.62. The van der Waals surface area contributed by atoms with Crippen LogP contribution in [-0.4, -0.2) is 18.3 Å². The molecule has 0 atom stereocenters. The fourth-order valence-corrected chi connectivity index (χ4v) is 2.78. The predicted octanol–water partition coefficient (Wildman–Crippen LogP) is 2.04. The van der Waals surface area contributed by atoms with Gasteiger partial charge >= 0.3 is 0 Å². The van der Waals surface area contributed by atoms with Crippen molar-refractivity contribution in [3.8, 4) is 0 Å². The van der Waals surface area contributed by atoms with E-state index in [1.807, 2.05) is 36.4 Å². The monoisotopic (exact) mass is 293 g/mol. The van der Waals surface area contributed by atoms with Crippen molar-refractivity contribution in [1.82, 2.24) is 5.32 Å². The Morgan fingerprint density at radius 1 is 1.09 bits per heavy atom. The summed E-state index contributed by atoms with van der Waals surface area (Å²) in [5, 5.41) is 10.3. The molecule has 1 heterocycles. The van der Waals surface area contributed by atoms with Crippen LogP contribution in [0.15, 0.2) is 42.5 Å². The van der Waals surface area contributed by atoms with E-state index in [1.165, 1.54) is 11.1 Å². The minimum Gasteiger partial charge on any atom is -0.384 e. The van der Waals surface area contributed by atoms with Crippen LogP contribution in [0.25, 0.3) is 0 Å². The first-order valence-corrected chi connectivity index (χ1v) is 7.47. The van der Waals surface area contributed by atoms with Gasteiger partial charge in [0.25, 0.3) is 5.91 Å². The van der Waals surface area contributed by atoms with Gasteiger partial charge in [0.15, 0.2) is 0 Å². The number of carbonyl (C=O) groups is 1. The Balaban J connectivity index is 1.69. The highest BCUT2D eigenvalue weighted by Gasteiger charge is 2.16. The average Bonchev–Trinajstić information content (AvgIpc) is 2.53. The van der Waals surface area contributed by atoms with Crippen molar-refractivity contribution < 1.29 is 4.79 Å². The molecule has 0 aromatic heterocycles. The largest absolute Gasteiger partial charge is 0.384 e. The molecule has 0 saturated carbocycles. The van der Waals surface area contributed by atoms with Gasteiger partial charge < -0.3 is 11.1 Å². The minimum atomic E-state index is 0.0348. The number of rotatable bonds is 4. The summed E-state index contributed by atoms with van der Waals surface area (Å²) in [4.78, 5) is 11.7. The van der Waals surface area contributed by atoms with Gasteiger partial charge in [-0.05, 0) is 42.0 Å². The number of nitrogens with one attached hydrogen (secondary N) is 2. The average molecular weight is 293 g/mol. The third-order valence-corrected chi connectivity index (χ3v) is 4.06. The topological polar surface area (TPSA) is 79.0 Å². The van der Waals surface area contributed by atoms with Crippen LogP contribution < -0.4 is 11.1 Å². The molecule has 0 radical (unpaired) electrons. The highest BCUT2D eigenvalue weighted by atomic mass is 16.1. The standard InChI is InChI=1S/C18H19N3O/c19-17(20)14-6-3-12(4-7-14)1-2-13-5-8-16-15(11-13)9-10-21-18(16)22/h3-8,11H,1-2,9-10H2,(H3,19,20)(H,21,22). The Bertz CT molecular complexity index is 720. The molecule has 4 heteroatoms. The summed E-state index contributed by atoms with van der Waals surface area (Å²) in [5.74, 6) is 0.132. The quantitative estimate of drug-likeness (QED) is 0.596. The zero-order valence-electron chi connectivity index (χ0n) is 12.4. The summed E-state index contributed by atoms with van der Waals surface area (Å²) >= 11 is 0. The van der Waals surface area contributed by atoms with E-state index in [9.17, 15) is 4.79 Å². The number of fused-ring (bicyclic) bond motifs is 1. The van der Waals surface area contributed by atoms with E-state index in [4.69, 9.17) is 11.1 Å². The minimum absolute atomic E-state index is 0.0348. The molecular weight excluding hydrogens is 274 g/mol. The van der Waals surface area contributed by atoms with E-state index in [0.717, 1.165) is 42.5 Å². The Morgan fingerprint density at radius 3 is 2.50 bits per heavy atom. The number of hydrogen-bond acceptors (Lipinski definition) is 2. The molecule has 112 valence electrons. The van der Waals surface area contributed by atoms with Crippen molar-refractivity contribution in [2.45, 2.75) is 19.3 Å². The number of nitrogens with two attached hydrogens (primary N) is 1. The molecule has 22 heavy (non-hydrogen) atoms. The van der Waals surface area contributed by atoms with Crippen LogP contribution in [0.3, 0.4) is 0 Å². The van der Waals surface area contributed by atoms with Gasteiger partial charge in [0, 0.05) is 17.7 Å². The van der Waals surface area contributed by atoms with Crippen molar-refractivity contribution >= 4 is 11.7 Å². The van der Waals surface area contributed by atoms with Gasteiger partial charge in [-0.2, -0.15) is 0 Å². The molecule has 0 aliphatic carbocycles. The predicted molar refractivity (Wildman–Crippen MR) is 87.3 cm³/mol. The van der Waals surface area contributed by atoms with Crippen LogP contribution in [0.1, 0.15) is 32.6 Å². The number of aryl methyl sites for hydroxylation is 2. The molecule has 0 fully saturated rings. The van der Waals surface area contributed by atoms with Crippen LogP contribution in [0.2, 0.25) is 0 Å². The van der Waals surface area contributed by atoms with Gasteiger partial charge in [-0.3, -0.25) is 10.2 Å². The summed E-state index contributed by atoms with van der Waals surface area (Å²) < 4.78 is 0. The number of nitrogen functional groups attached to an aromatic ring is 1. The molecule has 0 spiro atoms. The first-order valence-electron chi connectivity index (χ1n) is 7.47. The number of carbonyl (C=O) groups excluding carboxylic acids is 1. The zero-order chi connectivity index (χ0) is 15.5. The normalized spacial score (nSPS) is 13.4. The van der Waals surface area contributed by atoms with E-state index in [2.05, 4.69) is 11.4 Å². The Morgan fingerprint density at radius 2 is 1.77 bits per heavy atom. The highest BCUT2D eigenvalue weighted by Crippen LogP contribution is 2.17. The summed E-state index contributed by atoms with van der Waals surface area (Å²) in [6.07, 6.45) is 2.78. The maximum absolute atomic E-state index is 11.7. The van der Waals surface area contributed by atoms with Crippen LogP contribution in [0.4, 0.5) is 0 Å². The van der Waals surface area contributed by atoms with Crippen molar-refractivity contribution in [1.29, 1.82) is 5.41 Å². The van der Waals surface area contributed by atoms with E-state index in [-0.39, 0.29) is 11.7 Å². The number of benzene rings is 2. The molecule has 1 aliphatic rings. The van der Waals surface area contributed by atoms with Crippen molar-refractivity contribution in [2.24, 2.45) is 5.73 Å². The molecule has 0 bridgehead atoms. The van der Waals surface area contributed by atoms with Gasteiger partial charge in [0.1, 0.15) is 5.84 Å². The molecule has 4 N–H and O–H groups in total. The first-order chi connectivity index (χ1) is 10.6. The lowest BCUT2D eigenvalue weighted by molar-refractivity contribution is 0.0946. The summed E-state index contributed by atoms with van der Waals surface area (Å²) in [6, 6.07) is 13.9. The number of amidine groups is 1. The molecule has 1 amide bonds. The zero-order valence-corrected chi connectivity index (χ0v) is 12.4. The maximum Gasteiger partial charge on any atom is 0.251 e. The molecule has 3 rings (SSSR count). The summed E-state index contributed by atoms with van der Waals surface area (Å²) in [5.41, 5.74) is 10.6. The van der Waals surface area contributed by atoms with Gasteiger partial charge in [0.05, 0.1) is 0 Å². The first kappa shape index (κ1) is 14.3. The smallest absolute Gasteiger partial charge is 0.251 e. The van der Waals surface area contributed by atoms with E-state index >= 15 is 0 Å². The lowest BCUT2D eigenvalue weighted by atomic mass is 9.95. The molecule has 2 aromatic carbocycles. The fourth-order valence-electron chi connectivity index (χ4n) is 2.78. The van der Waals surface area contributed by atoms with Gasteiger partial charge in [-0.25, -0.2) is 0 Å². The summed E-state index contributed by atoms with van der Waals surface area (Å²) in [7, 11) is 0. The summed E-state index contributed by atoms with van der Waals surface area (Å²) in [6.45, 7) is 0.724. The molecule has 1 aliphatic heterocycles. The van der Waals surface area contributed by atoms with Crippen molar-refractivity contribution in [3.05, 3.63) is 70.3 Å². The van der Waals surface area contributed by atoms with Gasteiger partial charge in [0.2, 0.25) is 0 Å². The highest BCUT2D eigenvalue weighted by molar-refractivity contribution is 5.96. The van der Waals surface area contributed by atoms with Gasteiger partial charge in [-0.15, -0.1) is 0 Å². The lowest BCUT2D eigenvalue weighted by Gasteiger charge is -2.17. The second-order valence-electron chi connectivity index (χ2n) is 5.61. The Labute approximate surface area is 129 Å². The third kappa shape index (κ3) is 3.01. The fraction of sp³-hybridized carbons (Fsp3) is 0.222. The second-order valence-corrected chi connectivity index (χ2v) is 5.61. The molecule has 4 nitrogen and oxygen atoms in total. The molecular formula is C18H19N3O. The van der Waals surface area contributed by atoms with Crippen LogP contribution in [0, 0.1) is 5.41 Å². The van der Waals surface area contributed by atoms with E-state index in [1.54, 1.807) is 0 Å². The number of amides is 1. The SMILES string of the molecule is N=C(N)c1ccc(CCc2ccc3c(c2)CCNC3=O)cc1. The lowest BCUT2D eigenvalue weighted by Crippen LogP contribution is -2.31. The Kier molecular flexibility index (Phi) is 3.92. The van der Waals surface area contributed by atoms with Crippen LogP contribution in [0.5, 0.6) is 0 Å². The van der Waals surface area contributed by atoms with Crippen LogP contribution >= 0.6 is 0 Å². The maximum atomic E-state index is 11.7. The second kappa shape index (κ2) is 6.02.